The van der Waals surface area contributed by atoms with Gasteiger partial charge in [-0.25, -0.2) is 8.42 Å². The lowest BCUT2D eigenvalue weighted by atomic mass is 10.2. The second-order valence-electron chi connectivity index (χ2n) is 6.40. The number of rotatable bonds is 3. The predicted octanol–water partition coefficient (Wildman–Crippen LogP) is 1.29. The summed E-state index contributed by atoms with van der Waals surface area (Å²) in [5, 5.41) is 3.11. The van der Waals surface area contributed by atoms with Gasteiger partial charge in [0, 0.05) is 26.2 Å². The first kappa shape index (κ1) is 19.1. The summed E-state index contributed by atoms with van der Waals surface area (Å²) in [7, 11) is -4.03. The minimum atomic E-state index is -4.61. The van der Waals surface area contributed by atoms with Gasteiger partial charge in [0.05, 0.1) is 16.5 Å². The number of piperazine rings is 1. The fraction of sp³-hybridized carbons (Fsp3) is 0.562. The first-order valence-corrected chi connectivity index (χ1v) is 9.83. The zero-order chi connectivity index (χ0) is 18.9. The largest absolute Gasteiger partial charge is 0.416 e. The molecule has 2 heterocycles. The summed E-state index contributed by atoms with van der Waals surface area (Å²) in [6.45, 7) is 1.39. The number of amides is 1. The standard InChI is InChI=1S/C16H20F3N3O3S/c17-16(18,19)12-3-1-4-13(11-12)26(24,25)22-9-7-21(8-10-22)15(23)14-5-2-6-20-14/h1,3-4,11,14,20H,2,5-10H2. The number of halogens is 3. The van der Waals surface area contributed by atoms with Crippen LogP contribution in [-0.2, 0) is 21.0 Å². The molecule has 1 unspecified atom stereocenters. The van der Waals surface area contributed by atoms with Gasteiger partial charge in [-0.05, 0) is 37.6 Å². The molecular weight excluding hydrogens is 371 g/mol. The summed E-state index contributed by atoms with van der Waals surface area (Å²) in [6, 6.07) is 3.51. The molecule has 0 radical (unpaired) electrons. The van der Waals surface area contributed by atoms with Crippen molar-refractivity contribution in [2.45, 2.75) is 30.0 Å². The maximum atomic E-state index is 12.8. The van der Waals surface area contributed by atoms with E-state index in [1.807, 2.05) is 0 Å². The van der Waals surface area contributed by atoms with Gasteiger partial charge in [-0.1, -0.05) is 6.07 Å². The van der Waals surface area contributed by atoms with E-state index in [-0.39, 0.29) is 43.0 Å². The van der Waals surface area contributed by atoms with Crippen LogP contribution in [0.1, 0.15) is 18.4 Å². The highest BCUT2D eigenvalue weighted by molar-refractivity contribution is 7.89. The van der Waals surface area contributed by atoms with E-state index in [1.165, 1.54) is 0 Å². The Bertz CT molecular complexity index is 768. The summed E-state index contributed by atoms with van der Waals surface area (Å²) in [6.07, 6.45) is -2.91. The van der Waals surface area contributed by atoms with Gasteiger partial charge in [-0.2, -0.15) is 17.5 Å². The summed E-state index contributed by atoms with van der Waals surface area (Å²) in [5.41, 5.74) is -1.00. The molecule has 2 aliphatic heterocycles. The van der Waals surface area contributed by atoms with Crippen molar-refractivity contribution < 1.29 is 26.4 Å². The molecule has 1 aromatic carbocycles. The van der Waals surface area contributed by atoms with Crippen molar-refractivity contribution >= 4 is 15.9 Å². The number of sulfonamides is 1. The Balaban J connectivity index is 1.69. The highest BCUT2D eigenvalue weighted by atomic mass is 32.2. The lowest BCUT2D eigenvalue weighted by molar-refractivity contribution is -0.137. The minimum Gasteiger partial charge on any atom is -0.339 e. The number of nitrogens with one attached hydrogen (secondary N) is 1. The Kier molecular flexibility index (Phi) is 5.27. The van der Waals surface area contributed by atoms with Crippen LogP contribution in [0.5, 0.6) is 0 Å². The number of hydrogen-bond donors (Lipinski definition) is 1. The maximum absolute atomic E-state index is 12.8. The van der Waals surface area contributed by atoms with Crippen LogP contribution in [0.4, 0.5) is 13.2 Å². The van der Waals surface area contributed by atoms with Gasteiger partial charge in [0.25, 0.3) is 0 Å². The van der Waals surface area contributed by atoms with Crippen molar-refractivity contribution in [2.75, 3.05) is 32.7 Å². The highest BCUT2D eigenvalue weighted by Crippen LogP contribution is 2.31. The van der Waals surface area contributed by atoms with Crippen molar-refractivity contribution in [1.29, 1.82) is 0 Å². The Morgan fingerprint density at radius 2 is 1.85 bits per heavy atom. The maximum Gasteiger partial charge on any atom is 0.416 e. The Morgan fingerprint density at radius 1 is 1.15 bits per heavy atom. The van der Waals surface area contributed by atoms with Crippen LogP contribution in [-0.4, -0.2) is 62.3 Å². The summed E-state index contributed by atoms with van der Waals surface area (Å²) < 4.78 is 64.9. The van der Waals surface area contributed by atoms with Crippen molar-refractivity contribution in [3.8, 4) is 0 Å². The van der Waals surface area contributed by atoms with Crippen molar-refractivity contribution in [1.82, 2.24) is 14.5 Å². The van der Waals surface area contributed by atoms with Gasteiger partial charge in [-0.3, -0.25) is 4.79 Å². The second kappa shape index (κ2) is 7.16. The number of carbonyl (C=O) groups excluding carboxylic acids is 1. The van der Waals surface area contributed by atoms with E-state index >= 15 is 0 Å². The monoisotopic (exact) mass is 391 g/mol. The van der Waals surface area contributed by atoms with E-state index in [2.05, 4.69) is 5.32 Å². The van der Waals surface area contributed by atoms with E-state index in [1.54, 1.807) is 4.90 Å². The summed E-state index contributed by atoms with van der Waals surface area (Å²) in [5.74, 6) is -0.0429. The Labute approximate surface area is 150 Å². The third kappa shape index (κ3) is 3.86. The molecular formula is C16H20F3N3O3S. The zero-order valence-corrected chi connectivity index (χ0v) is 14.8. The quantitative estimate of drug-likeness (QED) is 0.843. The van der Waals surface area contributed by atoms with Gasteiger partial charge in [0.1, 0.15) is 0 Å². The lowest BCUT2D eigenvalue weighted by Crippen LogP contribution is -2.54. The van der Waals surface area contributed by atoms with Crippen LogP contribution in [0.15, 0.2) is 29.2 Å². The Morgan fingerprint density at radius 3 is 2.42 bits per heavy atom. The molecule has 0 spiro atoms. The minimum absolute atomic E-state index is 0.0429. The van der Waals surface area contributed by atoms with Crippen LogP contribution in [0, 0.1) is 0 Å². The second-order valence-corrected chi connectivity index (χ2v) is 8.34. The molecule has 1 aromatic rings. The van der Waals surface area contributed by atoms with E-state index in [0.717, 1.165) is 41.9 Å². The molecule has 1 amide bonds. The molecule has 0 aromatic heterocycles. The number of hydrogen-bond acceptors (Lipinski definition) is 4. The van der Waals surface area contributed by atoms with Gasteiger partial charge >= 0.3 is 6.18 Å². The van der Waals surface area contributed by atoms with E-state index in [9.17, 15) is 26.4 Å². The predicted molar refractivity (Wildman–Crippen MR) is 87.8 cm³/mol. The van der Waals surface area contributed by atoms with Crippen LogP contribution in [0.25, 0.3) is 0 Å². The molecule has 10 heteroatoms. The van der Waals surface area contributed by atoms with Crippen molar-refractivity contribution in [3.05, 3.63) is 29.8 Å². The molecule has 2 aliphatic rings. The third-order valence-electron chi connectivity index (χ3n) is 4.71. The number of nitrogens with zero attached hydrogens (tertiary/aromatic N) is 2. The first-order chi connectivity index (χ1) is 12.2. The van der Waals surface area contributed by atoms with E-state index < -0.39 is 21.8 Å². The van der Waals surface area contributed by atoms with Gasteiger partial charge in [0.2, 0.25) is 15.9 Å². The first-order valence-electron chi connectivity index (χ1n) is 8.39. The molecule has 3 rings (SSSR count). The molecule has 2 fully saturated rings. The van der Waals surface area contributed by atoms with Crippen LogP contribution >= 0.6 is 0 Å². The molecule has 0 bridgehead atoms. The third-order valence-corrected chi connectivity index (χ3v) is 6.60. The number of benzene rings is 1. The average molecular weight is 391 g/mol. The van der Waals surface area contributed by atoms with Gasteiger partial charge in [-0.15, -0.1) is 0 Å². The molecule has 144 valence electrons. The lowest BCUT2D eigenvalue weighted by Gasteiger charge is -2.35. The van der Waals surface area contributed by atoms with E-state index in [4.69, 9.17) is 0 Å². The average Bonchev–Trinajstić information content (AvgIpc) is 3.15. The molecule has 0 saturated carbocycles. The topological polar surface area (TPSA) is 69.7 Å². The number of carbonyl (C=O) groups is 1. The molecule has 1 atom stereocenters. The Hall–Kier alpha value is -1.65. The van der Waals surface area contributed by atoms with Crippen LogP contribution in [0.3, 0.4) is 0 Å². The van der Waals surface area contributed by atoms with Crippen LogP contribution in [0.2, 0.25) is 0 Å². The fourth-order valence-electron chi connectivity index (χ4n) is 3.25. The zero-order valence-electron chi connectivity index (χ0n) is 14.0. The molecule has 2 saturated heterocycles. The molecule has 0 aliphatic carbocycles. The molecule has 1 N–H and O–H groups in total. The van der Waals surface area contributed by atoms with Gasteiger partial charge in [0.15, 0.2) is 0 Å². The SMILES string of the molecule is O=C(C1CCCN1)N1CCN(S(=O)(=O)c2cccc(C(F)(F)F)c2)CC1. The summed E-state index contributed by atoms with van der Waals surface area (Å²) >= 11 is 0. The van der Waals surface area contributed by atoms with Crippen molar-refractivity contribution in [3.63, 3.8) is 0 Å². The summed E-state index contributed by atoms with van der Waals surface area (Å²) in [4.78, 5) is 13.6. The number of alkyl halides is 3. The van der Waals surface area contributed by atoms with Crippen molar-refractivity contribution in [2.24, 2.45) is 0 Å². The normalized spacial score (nSPS) is 22.6. The van der Waals surface area contributed by atoms with E-state index in [0.29, 0.717) is 6.07 Å². The van der Waals surface area contributed by atoms with Crippen LogP contribution < -0.4 is 5.32 Å². The fourth-order valence-corrected chi connectivity index (χ4v) is 4.72. The highest BCUT2D eigenvalue weighted by Gasteiger charge is 2.35. The molecule has 26 heavy (non-hydrogen) atoms. The van der Waals surface area contributed by atoms with Gasteiger partial charge < -0.3 is 10.2 Å². The molecule has 6 nitrogen and oxygen atoms in total. The smallest absolute Gasteiger partial charge is 0.339 e.